The zero-order valence-electron chi connectivity index (χ0n) is 26.1. The summed E-state index contributed by atoms with van der Waals surface area (Å²) in [7, 11) is 0. The first kappa shape index (κ1) is 31.2. The van der Waals surface area contributed by atoms with Crippen molar-refractivity contribution < 1.29 is 20.4 Å². The van der Waals surface area contributed by atoms with Gasteiger partial charge < -0.3 is 9.97 Å². The van der Waals surface area contributed by atoms with Crippen molar-refractivity contribution in [3.63, 3.8) is 0 Å². The summed E-state index contributed by atoms with van der Waals surface area (Å²) in [4.78, 5) is 21.0. The average molecular weight is 639 g/mol. The maximum atomic E-state index is 5.25. The Morgan fingerprint density at radius 1 is 0.390 bits per heavy atom. The quantitative estimate of drug-likeness (QED) is 0.231. The van der Waals surface area contributed by atoms with Crippen LogP contribution >= 0.6 is 0 Å². The number of nitrogens with zero attached hydrogens (tertiary/aromatic N) is 4. The van der Waals surface area contributed by atoms with Crippen LogP contribution in [0, 0.1) is 0 Å². The third kappa shape index (κ3) is 5.33. The average Bonchev–Trinajstić information content (AvgIpc) is 3.67. The van der Waals surface area contributed by atoms with Gasteiger partial charge in [0.25, 0.3) is 0 Å². The zero-order chi connectivity index (χ0) is 28.6. The monoisotopic (exact) mass is 638 g/mol. The third-order valence-electron chi connectivity index (χ3n) is 8.82. The van der Waals surface area contributed by atoms with Gasteiger partial charge in [-0.25, -0.2) is 9.97 Å². The zero-order valence-corrected chi connectivity index (χ0v) is 27.6. The smallest absolute Gasteiger partial charge is 0.657 e. The van der Waals surface area contributed by atoms with Gasteiger partial charge in [-0.3, -0.25) is 0 Å². The molecule has 0 saturated heterocycles. The van der Waals surface area contributed by atoms with E-state index in [1.165, 1.54) is 44.5 Å². The van der Waals surface area contributed by atoms with E-state index in [0.29, 0.717) is 0 Å². The van der Waals surface area contributed by atoms with E-state index in [-0.39, 0.29) is 20.4 Å². The van der Waals surface area contributed by atoms with E-state index in [1.807, 2.05) is 0 Å². The van der Waals surface area contributed by atoms with E-state index in [4.69, 9.17) is 19.9 Å². The fourth-order valence-electron chi connectivity index (χ4n) is 6.92. The van der Waals surface area contributed by atoms with E-state index in [0.717, 1.165) is 96.2 Å². The van der Waals surface area contributed by atoms with Crippen LogP contribution in [0.2, 0.25) is 0 Å². The number of hydrogen-bond acceptors (Lipinski definition) is 2. The van der Waals surface area contributed by atoms with Gasteiger partial charge in [0.2, 0.25) is 0 Å². The molecule has 0 saturated carbocycles. The van der Waals surface area contributed by atoms with E-state index in [9.17, 15) is 0 Å². The molecule has 0 atom stereocenters. The van der Waals surface area contributed by atoms with Crippen LogP contribution < -0.4 is 9.97 Å². The number of aryl methyl sites for hydroxylation is 4. The van der Waals surface area contributed by atoms with Crippen molar-refractivity contribution in [2.45, 2.75) is 107 Å². The Hall–Kier alpha value is -2.74. The minimum atomic E-state index is 0. The maximum absolute atomic E-state index is 5.25. The van der Waals surface area contributed by atoms with Gasteiger partial charge in [0, 0.05) is 0 Å². The second kappa shape index (κ2) is 13.1. The molecule has 2 aliphatic rings. The maximum Gasteiger partial charge on any atom is 2.00 e. The standard InChI is InChI=1S/C36H44N4.Pd/c1-9-21-22(10-2)30-18-32-25(13-5)26(14-6)34(39-32)20-36-28(16-8)27(15-7)35(40-36)19-33-24(12-4)23(11-3)31(38-33)17-29(21)37-30;/h17-20H,9-16H2,1-8H3;/q-2;+2. The summed E-state index contributed by atoms with van der Waals surface area (Å²) >= 11 is 0. The Labute approximate surface area is 259 Å². The van der Waals surface area contributed by atoms with E-state index in [1.54, 1.807) is 0 Å². The van der Waals surface area contributed by atoms with Crippen molar-refractivity contribution in [3.05, 3.63) is 69.3 Å². The molecule has 0 amide bonds. The molecule has 5 rings (SSSR count). The van der Waals surface area contributed by atoms with Crippen LogP contribution in [0.25, 0.3) is 44.4 Å². The Balaban J connectivity index is 0.00000387. The number of fused-ring (bicyclic) bond motifs is 8. The molecule has 5 heterocycles. The van der Waals surface area contributed by atoms with Gasteiger partial charge in [-0.05, 0) is 79.7 Å². The summed E-state index contributed by atoms with van der Waals surface area (Å²) in [6.07, 6.45) is 7.60. The van der Waals surface area contributed by atoms with Gasteiger partial charge in [0.05, 0.1) is 22.8 Å². The van der Waals surface area contributed by atoms with Crippen LogP contribution in [0.1, 0.15) is 126 Å². The second-order valence-corrected chi connectivity index (χ2v) is 10.8. The molecule has 5 heteroatoms. The van der Waals surface area contributed by atoms with Gasteiger partial charge in [-0.2, -0.15) is 0 Å². The summed E-state index contributed by atoms with van der Waals surface area (Å²) in [5.41, 5.74) is 19.1. The molecule has 8 bridgehead atoms. The molecule has 3 aromatic heterocycles. The second-order valence-electron chi connectivity index (χ2n) is 10.8. The summed E-state index contributed by atoms with van der Waals surface area (Å²) < 4.78 is 0. The molecule has 3 aromatic rings. The molecule has 0 fully saturated rings. The van der Waals surface area contributed by atoms with Crippen LogP contribution in [-0.4, -0.2) is 9.97 Å². The number of allylic oxidation sites excluding steroid dienone is 4. The normalized spacial score (nSPS) is 13.3. The van der Waals surface area contributed by atoms with Crippen molar-refractivity contribution in [1.82, 2.24) is 19.9 Å². The molecule has 0 aromatic carbocycles. The Morgan fingerprint density at radius 2 is 0.659 bits per heavy atom. The predicted molar refractivity (Wildman–Crippen MR) is 171 cm³/mol. The van der Waals surface area contributed by atoms with E-state index >= 15 is 0 Å². The van der Waals surface area contributed by atoms with Crippen LogP contribution in [0.4, 0.5) is 0 Å². The molecule has 2 aliphatic heterocycles. The first-order valence-corrected chi connectivity index (χ1v) is 15.6. The van der Waals surface area contributed by atoms with Crippen LogP contribution in [-0.2, 0) is 46.1 Å². The summed E-state index contributed by atoms with van der Waals surface area (Å²) in [5, 5.41) is 0. The molecule has 41 heavy (non-hydrogen) atoms. The topological polar surface area (TPSA) is 54.0 Å². The fraction of sp³-hybridized carbons (Fsp3) is 0.444. The molecule has 0 spiro atoms. The van der Waals surface area contributed by atoms with Crippen LogP contribution in [0.15, 0.2) is 24.3 Å². The Kier molecular flexibility index (Phi) is 9.94. The van der Waals surface area contributed by atoms with Crippen molar-refractivity contribution in [3.8, 4) is 0 Å². The van der Waals surface area contributed by atoms with E-state index < -0.39 is 0 Å². The molecule has 0 N–H and O–H groups in total. The van der Waals surface area contributed by atoms with Crippen LogP contribution in [0.3, 0.4) is 0 Å². The van der Waals surface area contributed by atoms with Gasteiger partial charge in [0.1, 0.15) is 0 Å². The largest absolute Gasteiger partial charge is 2.00 e. The Morgan fingerprint density at radius 3 is 0.927 bits per heavy atom. The molecule has 4 nitrogen and oxygen atoms in total. The molecular formula is C36H44N4Pd. The van der Waals surface area contributed by atoms with Gasteiger partial charge in [-0.15, -0.1) is 22.1 Å². The predicted octanol–water partition coefficient (Wildman–Crippen LogP) is 9.28. The van der Waals surface area contributed by atoms with Gasteiger partial charge >= 0.3 is 20.4 Å². The molecule has 218 valence electrons. The molecular weight excluding hydrogens is 595 g/mol. The number of rotatable bonds is 8. The van der Waals surface area contributed by atoms with Gasteiger partial charge in [0.15, 0.2) is 0 Å². The number of aromatic nitrogens is 4. The number of hydrogen-bond donors (Lipinski definition) is 0. The van der Waals surface area contributed by atoms with Crippen molar-refractivity contribution in [2.75, 3.05) is 0 Å². The Bertz CT molecular complexity index is 1560. The van der Waals surface area contributed by atoms with E-state index in [2.05, 4.69) is 79.7 Å². The minimum absolute atomic E-state index is 0. The summed E-state index contributed by atoms with van der Waals surface area (Å²) in [6.45, 7) is 17.9. The van der Waals surface area contributed by atoms with Crippen LogP contribution in [0.5, 0.6) is 0 Å². The first-order chi connectivity index (χ1) is 19.5. The SMILES string of the molecule is CCC1=C(CC)c2cc3[n-]c(cc4[n-]c(cc5nc(cc1n2)C(CC)=C5CC)c(CC)c4CC)c(CC)c3CC.[Pd+2]. The van der Waals surface area contributed by atoms with Crippen molar-refractivity contribution in [1.29, 1.82) is 0 Å². The molecule has 0 unspecified atom stereocenters. The first-order valence-electron chi connectivity index (χ1n) is 15.6. The van der Waals surface area contributed by atoms with Gasteiger partial charge in [-0.1, -0.05) is 95.8 Å². The van der Waals surface area contributed by atoms with Crippen molar-refractivity contribution >= 4 is 44.4 Å². The molecule has 0 radical (unpaired) electrons. The fourth-order valence-corrected chi connectivity index (χ4v) is 6.92. The molecule has 0 aliphatic carbocycles. The minimum Gasteiger partial charge on any atom is -0.657 e. The third-order valence-corrected chi connectivity index (χ3v) is 8.82. The summed E-state index contributed by atoms with van der Waals surface area (Å²) in [6, 6.07) is 8.98. The van der Waals surface area contributed by atoms with Crippen molar-refractivity contribution in [2.24, 2.45) is 0 Å². The summed E-state index contributed by atoms with van der Waals surface area (Å²) in [5.74, 6) is 0.